The van der Waals surface area contributed by atoms with Crippen LogP contribution in [0, 0.1) is 6.92 Å². The maximum Gasteiger partial charge on any atom is 0.434 e. The number of benzene rings is 1. The third-order valence-corrected chi connectivity index (χ3v) is 7.24. The van der Waals surface area contributed by atoms with Gasteiger partial charge in [0.25, 0.3) is 6.10 Å². The van der Waals surface area contributed by atoms with Crippen LogP contribution >= 0.6 is 0 Å². The van der Waals surface area contributed by atoms with Crippen molar-refractivity contribution in [3.63, 3.8) is 0 Å². The van der Waals surface area contributed by atoms with Crippen molar-refractivity contribution < 1.29 is 39.5 Å². The molecule has 3 rings (SSSR count). The highest BCUT2D eigenvalue weighted by Crippen LogP contribution is 2.37. The summed E-state index contributed by atoms with van der Waals surface area (Å²) in [6, 6.07) is 5.81. The lowest BCUT2D eigenvalue weighted by atomic mass is 10.0. The molecule has 210 valence electrons. The third-order valence-electron chi connectivity index (χ3n) is 6.48. The topological polar surface area (TPSA) is 65.1 Å². The molecule has 0 aliphatic carbocycles. The fourth-order valence-corrected chi connectivity index (χ4v) is 5.59. The summed E-state index contributed by atoms with van der Waals surface area (Å²) in [4.78, 5) is 5.59. The van der Waals surface area contributed by atoms with E-state index in [0.29, 0.717) is 45.6 Å². The molecule has 14 heteroatoms. The van der Waals surface area contributed by atoms with E-state index in [1.807, 2.05) is 25.1 Å². The summed E-state index contributed by atoms with van der Waals surface area (Å²) in [6.07, 6.45) is -12.6. The van der Waals surface area contributed by atoms with E-state index in [0.717, 1.165) is 23.1 Å². The molecule has 37 heavy (non-hydrogen) atoms. The minimum atomic E-state index is -5.60. The zero-order valence-electron chi connectivity index (χ0n) is 20.7. The number of piperidine rings is 1. The Balaban J connectivity index is 1.59. The summed E-state index contributed by atoms with van der Waals surface area (Å²) in [5, 5.41) is 0. The lowest BCUT2D eigenvalue weighted by Crippen LogP contribution is -2.49. The van der Waals surface area contributed by atoms with Crippen molar-refractivity contribution in [3.05, 3.63) is 41.8 Å². The van der Waals surface area contributed by atoms with Crippen LogP contribution in [0.1, 0.15) is 24.0 Å². The van der Waals surface area contributed by atoms with Crippen molar-refractivity contribution in [2.24, 2.45) is 0 Å². The molecule has 2 heterocycles. The average Bonchev–Trinajstić information content (AvgIpc) is 2.76. The van der Waals surface area contributed by atoms with Gasteiger partial charge in [0.05, 0.1) is 6.26 Å². The van der Waals surface area contributed by atoms with Gasteiger partial charge in [-0.05, 0) is 37.5 Å². The van der Waals surface area contributed by atoms with Gasteiger partial charge in [-0.25, -0.2) is 13.1 Å². The molecule has 1 aromatic rings. The summed E-state index contributed by atoms with van der Waals surface area (Å²) in [5.74, 6) is -0.652. The Morgan fingerprint density at radius 1 is 1.05 bits per heavy atom. The smallest absolute Gasteiger partial charge is 0.434 e. The van der Waals surface area contributed by atoms with Crippen LogP contribution in [0.3, 0.4) is 0 Å². The molecule has 2 aliphatic rings. The number of piperazine rings is 1. The predicted molar refractivity (Wildman–Crippen MR) is 127 cm³/mol. The Morgan fingerprint density at radius 3 is 2.14 bits per heavy atom. The third kappa shape index (κ3) is 8.14. The number of halogens is 6. The summed E-state index contributed by atoms with van der Waals surface area (Å²) in [7, 11) is -3.28. The molecule has 0 aromatic heterocycles. The fraction of sp³-hybridized carbons (Fsp3) is 0.652. The number of hydrogen-bond acceptors (Lipinski definition) is 6. The first kappa shape index (κ1) is 29.4. The van der Waals surface area contributed by atoms with Crippen LogP contribution in [-0.2, 0) is 21.3 Å². The largest absolute Gasteiger partial charge is 0.457 e. The second kappa shape index (κ2) is 11.3. The molecule has 2 aliphatic heterocycles. The van der Waals surface area contributed by atoms with Crippen LogP contribution in [0.5, 0.6) is 0 Å². The van der Waals surface area contributed by atoms with Gasteiger partial charge in [0.2, 0.25) is 10.0 Å². The Kier molecular flexibility index (Phi) is 8.95. The Hall–Kier alpha value is -2.19. The number of anilines is 1. The van der Waals surface area contributed by atoms with Crippen LogP contribution in [0.2, 0.25) is 0 Å². The van der Waals surface area contributed by atoms with Gasteiger partial charge in [0, 0.05) is 57.5 Å². The molecule has 7 nitrogen and oxygen atoms in total. The van der Waals surface area contributed by atoms with Gasteiger partial charge in [0.15, 0.2) is 5.88 Å². The molecule has 2 saturated heterocycles. The van der Waals surface area contributed by atoms with E-state index in [2.05, 4.69) is 25.8 Å². The molecule has 0 radical (unpaired) electrons. The van der Waals surface area contributed by atoms with E-state index in [1.165, 1.54) is 4.90 Å². The monoisotopic (exact) mass is 558 g/mol. The Morgan fingerprint density at radius 2 is 1.62 bits per heavy atom. The normalized spacial score (nSPS) is 18.9. The van der Waals surface area contributed by atoms with Gasteiger partial charge >= 0.3 is 12.4 Å². The molecule has 1 aromatic carbocycles. The summed E-state index contributed by atoms with van der Waals surface area (Å²) < 4.78 is 107. The van der Waals surface area contributed by atoms with Crippen molar-refractivity contribution >= 4 is 15.7 Å². The van der Waals surface area contributed by atoms with Crippen LogP contribution in [0.25, 0.3) is 0 Å². The zero-order chi connectivity index (χ0) is 27.6. The first-order valence-electron chi connectivity index (χ1n) is 11.8. The highest BCUT2D eigenvalue weighted by Gasteiger charge is 2.59. The molecule has 0 bridgehead atoms. The van der Waals surface area contributed by atoms with Crippen LogP contribution in [0.4, 0.5) is 32.0 Å². The van der Waals surface area contributed by atoms with Gasteiger partial charge in [0.1, 0.15) is 0 Å². The SMILES string of the molecule is C=C(OC(C(F)(F)F)C(F)(F)F)N1CCN(Cc2cccc(C)c2N2CCC(NS(C)(=O)=O)CC2)CC1. The van der Waals surface area contributed by atoms with Gasteiger partial charge < -0.3 is 14.5 Å². The van der Waals surface area contributed by atoms with Gasteiger partial charge in [-0.2, -0.15) is 26.3 Å². The van der Waals surface area contributed by atoms with E-state index in [9.17, 15) is 34.8 Å². The molecule has 0 saturated carbocycles. The second-order valence-electron chi connectivity index (χ2n) is 9.47. The van der Waals surface area contributed by atoms with E-state index < -0.39 is 34.4 Å². The summed E-state index contributed by atoms with van der Waals surface area (Å²) in [5.41, 5.74) is 3.18. The minimum Gasteiger partial charge on any atom is -0.457 e. The van der Waals surface area contributed by atoms with Crippen molar-refractivity contribution in [1.82, 2.24) is 14.5 Å². The van der Waals surface area contributed by atoms with E-state index in [1.54, 1.807) is 0 Å². The van der Waals surface area contributed by atoms with Crippen LogP contribution in [-0.4, -0.2) is 88.2 Å². The second-order valence-corrected chi connectivity index (χ2v) is 11.3. The lowest BCUT2D eigenvalue weighted by molar-refractivity contribution is -0.317. The molecule has 2 fully saturated rings. The number of para-hydroxylation sites is 1. The van der Waals surface area contributed by atoms with Crippen LogP contribution in [0.15, 0.2) is 30.7 Å². The lowest BCUT2D eigenvalue weighted by Gasteiger charge is -2.39. The maximum atomic E-state index is 12.8. The first-order chi connectivity index (χ1) is 17.0. The summed E-state index contributed by atoms with van der Waals surface area (Å²) >= 11 is 0. The zero-order valence-corrected chi connectivity index (χ0v) is 21.5. The molecule has 0 amide bonds. The van der Waals surface area contributed by atoms with E-state index >= 15 is 0 Å². The highest BCUT2D eigenvalue weighted by atomic mass is 32.2. The van der Waals surface area contributed by atoms with Gasteiger partial charge in [-0.1, -0.05) is 18.2 Å². The number of rotatable bonds is 8. The summed E-state index contributed by atoms with van der Waals surface area (Å²) in [6.45, 7) is 8.35. The van der Waals surface area contributed by atoms with Crippen LogP contribution < -0.4 is 9.62 Å². The number of nitrogens with one attached hydrogen (secondary N) is 1. The molecule has 1 N–H and O–H groups in total. The van der Waals surface area contributed by atoms with E-state index in [-0.39, 0.29) is 19.1 Å². The maximum absolute atomic E-state index is 12.8. The number of ether oxygens (including phenoxy) is 1. The molecule has 0 atom stereocenters. The minimum absolute atomic E-state index is 0.114. The first-order valence-corrected chi connectivity index (χ1v) is 13.7. The van der Waals surface area contributed by atoms with Crippen molar-refractivity contribution in [2.45, 2.75) is 50.8 Å². The number of alkyl halides is 6. The van der Waals surface area contributed by atoms with Gasteiger partial charge in [-0.3, -0.25) is 4.90 Å². The highest BCUT2D eigenvalue weighted by molar-refractivity contribution is 7.88. The Bertz CT molecular complexity index is 1030. The van der Waals surface area contributed by atoms with E-state index in [4.69, 9.17) is 0 Å². The fourth-order valence-electron chi connectivity index (χ4n) is 4.75. The number of nitrogens with zero attached hydrogens (tertiary/aromatic N) is 3. The standard InChI is InChI=1S/C23H32F6N4O3S/c1-16-5-4-6-18(20(16)33-9-7-19(8-10-33)30-37(3,34)35)15-31-11-13-32(14-12-31)17(2)36-21(22(24,25)26)23(27,28)29/h4-6,19,21,30H,2,7-15H2,1,3H3. The predicted octanol–water partition coefficient (Wildman–Crippen LogP) is 3.61. The number of aryl methyl sites for hydroxylation is 1. The molecular weight excluding hydrogens is 526 g/mol. The van der Waals surface area contributed by atoms with Gasteiger partial charge in [-0.15, -0.1) is 0 Å². The average molecular weight is 559 g/mol. The molecule has 0 unspecified atom stereocenters. The quantitative estimate of drug-likeness (QED) is 0.389. The number of hydrogen-bond donors (Lipinski definition) is 1. The molecular formula is C23H32F6N4O3S. The Labute approximate surface area is 213 Å². The molecule has 0 spiro atoms. The van der Waals surface area contributed by atoms with Crippen molar-refractivity contribution in [1.29, 1.82) is 0 Å². The van der Waals surface area contributed by atoms with Crippen molar-refractivity contribution in [3.8, 4) is 0 Å². The van der Waals surface area contributed by atoms with Crippen molar-refractivity contribution in [2.75, 3.05) is 50.4 Å². The number of sulfonamides is 1.